The molecule has 0 amide bonds. The van der Waals surface area contributed by atoms with Crippen molar-refractivity contribution in [3.8, 4) is 11.1 Å². The minimum atomic E-state index is 0.00760. The quantitative estimate of drug-likeness (QED) is 0.152. The van der Waals surface area contributed by atoms with Crippen LogP contribution in [-0.2, 0) is 11.8 Å². The number of benzene rings is 9. The average molecular weight is 709 g/mol. The lowest BCUT2D eigenvalue weighted by molar-refractivity contribution is 0.475. The van der Waals surface area contributed by atoms with Gasteiger partial charge in [-0.05, 0) is 137 Å². The van der Waals surface area contributed by atoms with Gasteiger partial charge in [-0.3, -0.25) is 0 Å². The van der Waals surface area contributed by atoms with Gasteiger partial charge in [0.15, 0.2) is 0 Å². The van der Waals surface area contributed by atoms with E-state index in [1.54, 1.807) is 0 Å². The number of hydrogen-bond donors (Lipinski definition) is 0. The summed E-state index contributed by atoms with van der Waals surface area (Å²) < 4.78 is 0. The molecule has 0 saturated carbocycles. The molecule has 1 aliphatic rings. The highest BCUT2D eigenvalue weighted by atomic mass is 15.1. The predicted octanol–water partition coefficient (Wildman–Crippen LogP) is 15.0. The molecule has 266 valence electrons. The van der Waals surface area contributed by atoms with Gasteiger partial charge in [-0.1, -0.05) is 123 Å². The summed E-state index contributed by atoms with van der Waals surface area (Å²) in [4.78, 5) is 4.94. The van der Waals surface area contributed by atoms with Crippen molar-refractivity contribution in [1.82, 2.24) is 0 Å². The third-order valence-corrected chi connectivity index (χ3v) is 12.0. The van der Waals surface area contributed by atoms with Crippen LogP contribution >= 0.6 is 0 Å². The van der Waals surface area contributed by atoms with Gasteiger partial charge in [0.1, 0.15) is 0 Å². The average Bonchev–Trinajstić information content (AvgIpc) is 3.21. The van der Waals surface area contributed by atoms with Crippen molar-refractivity contribution in [3.63, 3.8) is 0 Å². The number of rotatable bonds is 7. The van der Waals surface area contributed by atoms with E-state index >= 15 is 0 Å². The Hall–Kier alpha value is -6.38. The minimum absolute atomic E-state index is 0.00760. The van der Waals surface area contributed by atoms with Crippen LogP contribution in [0.1, 0.15) is 42.5 Å². The lowest BCUT2D eigenvalue weighted by atomic mass is 9.70. The Morgan fingerprint density at radius 2 is 0.945 bits per heavy atom. The Labute approximate surface area is 324 Å². The Bertz CT molecular complexity index is 2760. The summed E-state index contributed by atoms with van der Waals surface area (Å²) in [5, 5.41) is 8.00. The summed E-state index contributed by atoms with van der Waals surface area (Å²) in [6.07, 6.45) is 2.13. The number of aryl methyl sites for hydroxylation is 3. The Balaban J connectivity index is 1.41. The molecule has 1 aliphatic carbocycles. The van der Waals surface area contributed by atoms with E-state index in [1.807, 2.05) is 0 Å². The zero-order valence-electron chi connectivity index (χ0n) is 32.0. The van der Waals surface area contributed by atoms with Crippen LogP contribution in [0.15, 0.2) is 170 Å². The van der Waals surface area contributed by atoms with Crippen molar-refractivity contribution in [1.29, 1.82) is 0 Å². The van der Waals surface area contributed by atoms with E-state index < -0.39 is 0 Å². The van der Waals surface area contributed by atoms with E-state index in [1.165, 1.54) is 77.1 Å². The highest BCUT2D eigenvalue weighted by molar-refractivity contribution is 6.32. The second-order valence-corrected chi connectivity index (χ2v) is 16.0. The monoisotopic (exact) mass is 708 g/mol. The second-order valence-electron chi connectivity index (χ2n) is 16.0. The van der Waals surface area contributed by atoms with Crippen molar-refractivity contribution in [2.24, 2.45) is 0 Å². The first kappa shape index (κ1) is 33.2. The molecule has 0 N–H and O–H groups in total. The van der Waals surface area contributed by atoms with Gasteiger partial charge in [0.05, 0.1) is 11.4 Å². The van der Waals surface area contributed by atoms with E-state index in [2.05, 4.69) is 207 Å². The predicted molar refractivity (Wildman–Crippen MR) is 236 cm³/mol. The summed E-state index contributed by atoms with van der Waals surface area (Å²) >= 11 is 0. The minimum Gasteiger partial charge on any atom is -0.310 e. The molecule has 0 aromatic heterocycles. The summed E-state index contributed by atoms with van der Waals surface area (Å²) in [5.74, 6) is 0. The van der Waals surface area contributed by atoms with Crippen LogP contribution in [0.4, 0.5) is 34.1 Å². The third kappa shape index (κ3) is 5.39. The van der Waals surface area contributed by atoms with Gasteiger partial charge in [0.25, 0.3) is 0 Å². The molecule has 10 rings (SSSR count). The molecule has 9 aromatic rings. The van der Waals surface area contributed by atoms with Gasteiger partial charge in [0.2, 0.25) is 0 Å². The fourth-order valence-corrected chi connectivity index (χ4v) is 9.33. The summed E-state index contributed by atoms with van der Waals surface area (Å²) in [6, 6.07) is 62.8. The van der Waals surface area contributed by atoms with E-state index in [4.69, 9.17) is 0 Å². The maximum absolute atomic E-state index is 2.57. The lowest BCUT2D eigenvalue weighted by Crippen LogP contribution is -2.24. The molecule has 0 spiro atoms. The molecule has 0 bridgehead atoms. The first-order valence-corrected chi connectivity index (χ1v) is 19.6. The van der Waals surface area contributed by atoms with Crippen LogP contribution in [0.2, 0.25) is 0 Å². The summed E-state index contributed by atoms with van der Waals surface area (Å²) in [5.41, 5.74) is 15.0. The fraction of sp³-hybridized carbons (Fsp3) is 0.132. The standard InChI is InChI=1S/C53H44N2/c1-35-25-26-42(36(2)31-35)45-34-49(55(40-21-13-7-14-22-40)41-23-15-8-16-24-41)46-33-47-50-37(29-30-53(47,3)4)32-48(44-28-27-43(45)51(46)52(44)50)54(38-17-9-5-10-18-38)39-19-11-6-12-20-39/h5-28,31-34H,29-30H2,1-4H3. The zero-order valence-corrected chi connectivity index (χ0v) is 32.0. The van der Waals surface area contributed by atoms with Gasteiger partial charge >= 0.3 is 0 Å². The first-order chi connectivity index (χ1) is 26.9. The van der Waals surface area contributed by atoms with E-state index in [9.17, 15) is 0 Å². The normalized spacial score (nSPS) is 13.5. The molecule has 0 saturated heterocycles. The molecule has 0 unspecified atom stereocenters. The van der Waals surface area contributed by atoms with Gasteiger partial charge in [-0.25, -0.2) is 0 Å². The Kier molecular flexibility index (Phi) is 7.78. The number of anilines is 6. The molecule has 0 aliphatic heterocycles. The Morgan fingerprint density at radius 1 is 0.436 bits per heavy atom. The van der Waals surface area contributed by atoms with Gasteiger partial charge < -0.3 is 9.80 Å². The molecule has 9 aromatic carbocycles. The topological polar surface area (TPSA) is 6.48 Å². The van der Waals surface area contributed by atoms with Crippen LogP contribution in [0.25, 0.3) is 43.4 Å². The molecule has 0 radical (unpaired) electrons. The largest absolute Gasteiger partial charge is 0.310 e. The Morgan fingerprint density at radius 3 is 1.47 bits per heavy atom. The second kappa shape index (κ2) is 12.9. The van der Waals surface area contributed by atoms with Gasteiger partial charge in [-0.15, -0.1) is 0 Å². The van der Waals surface area contributed by atoms with E-state index in [0.29, 0.717) is 0 Å². The van der Waals surface area contributed by atoms with Crippen LogP contribution < -0.4 is 9.80 Å². The van der Waals surface area contributed by atoms with Crippen LogP contribution in [0.3, 0.4) is 0 Å². The van der Waals surface area contributed by atoms with Crippen molar-refractivity contribution in [2.45, 2.75) is 46.0 Å². The van der Waals surface area contributed by atoms with Crippen molar-refractivity contribution in [3.05, 3.63) is 192 Å². The van der Waals surface area contributed by atoms with Crippen LogP contribution in [-0.4, -0.2) is 0 Å². The SMILES string of the molecule is Cc1ccc(-c2cc(N(c3ccccc3)c3ccccc3)c3cc4c5c(cc(N(c6ccccc6)c6ccccc6)c6ccc2c3c65)CCC4(C)C)c(C)c1. The highest BCUT2D eigenvalue weighted by Crippen LogP contribution is 2.55. The highest BCUT2D eigenvalue weighted by Gasteiger charge is 2.34. The van der Waals surface area contributed by atoms with Crippen molar-refractivity contribution >= 4 is 66.4 Å². The number of nitrogens with zero attached hydrogens (tertiary/aromatic N) is 2. The van der Waals surface area contributed by atoms with Crippen molar-refractivity contribution < 1.29 is 0 Å². The number of para-hydroxylation sites is 4. The zero-order chi connectivity index (χ0) is 37.3. The molecule has 0 fully saturated rings. The smallest absolute Gasteiger partial charge is 0.0546 e. The number of hydrogen-bond acceptors (Lipinski definition) is 2. The maximum Gasteiger partial charge on any atom is 0.0546 e. The van der Waals surface area contributed by atoms with E-state index in [0.717, 1.165) is 35.6 Å². The van der Waals surface area contributed by atoms with E-state index in [-0.39, 0.29) is 5.41 Å². The summed E-state index contributed by atoms with van der Waals surface area (Å²) in [6.45, 7) is 9.35. The molecule has 55 heavy (non-hydrogen) atoms. The molecule has 0 heterocycles. The van der Waals surface area contributed by atoms with Gasteiger partial charge in [0, 0.05) is 44.3 Å². The summed E-state index contributed by atoms with van der Waals surface area (Å²) in [7, 11) is 0. The van der Waals surface area contributed by atoms with Crippen molar-refractivity contribution in [2.75, 3.05) is 9.80 Å². The van der Waals surface area contributed by atoms with Crippen LogP contribution in [0, 0.1) is 13.8 Å². The maximum atomic E-state index is 2.57. The third-order valence-electron chi connectivity index (χ3n) is 12.0. The van der Waals surface area contributed by atoms with Gasteiger partial charge in [-0.2, -0.15) is 0 Å². The van der Waals surface area contributed by atoms with Crippen LogP contribution in [0.5, 0.6) is 0 Å². The lowest BCUT2D eigenvalue weighted by Gasteiger charge is -2.37. The molecule has 2 heteroatoms. The molecular weight excluding hydrogens is 665 g/mol. The molecule has 0 atom stereocenters. The molecular formula is C53H44N2. The first-order valence-electron chi connectivity index (χ1n) is 19.6. The fourth-order valence-electron chi connectivity index (χ4n) is 9.33. The molecule has 2 nitrogen and oxygen atoms in total.